The first kappa shape index (κ1) is 9.39. The average Bonchev–Trinajstić information content (AvgIpc) is 2.58. The van der Waals surface area contributed by atoms with Crippen molar-refractivity contribution in [1.82, 2.24) is 9.78 Å². The molecule has 0 saturated carbocycles. The molecule has 4 N–H and O–H groups in total. The molecule has 0 aliphatic carbocycles. The number of methoxy groups -OCH3 is 1. The minimum atomic E-state index is 0.398. The number of rotatable bonds is 2. The van der Waals surface area contributed by atoms with Crippen molar-refractivity contribution in [2.75, 3.05) is 18.6 Å². The molecule has 0 saturated heterocycles. The Labute approximate surface area is 87.3 Å². The predicted octanol–water partition coefficient (Wildman–Crippen LogP) is 1.05. The minimum absolute atomic E-state index is 0.398. The van der Waals surface area contributed by atoms with Gasteiger partial charge >= 0.3 is 0 Å². The summed E-state index contributed by atoms with van der Waals surface area (Å²) in [5.74, 6) is 1.65. The molecule has 0 radical (unpaired) electrons. The lowest BCUT2D eigenvalue weighted by atomic mass is 10.3. The third-order valence-electron chi connectivity index (χ3n) is 2.05. The van der Waals surface area contributed by atoms with Crippen LogP contribution in [0.5, 0.6) is 5.75 Å². The maximum absolute atomic E-state index is 5.74. The van der Waals surface area contributed by atoms with Crippen LogP contribution in [0.3, 0.4) is 0 Å². The van der Waals surface area contributed by atoms with Crippen LogP contribution in [0.25, 0.3) is 5.69 Å². The smallest absolute Gasteiger partial charge is 0.148 e. The van der Waals surface area contributed by atoms with Gasteiger partial charge in [-0.3, -0.25) is 0 Å². The lowest BCUT2D eigenvalue weighted by molar-refractivity contribution is 0.414. The Morgan fingerprint density at radius 3 is 2.67 bits per heavy atom. The van der Waals surface area contributed by atoms with Crippen molar-refractivity contribution in [3.63, 3.8) is 0 Å². The van der Waals surface area contributed by atoms with Crippen LogP contribution in [0.2, 0.25) is 0 Å². The van der Waals surface area contributed by atoms with Crippen LogP contribution in [0, 0.1) is 0 Å². The van der Waals surface area contributed by atoms with Gasteiger partial charge < -0.3 is 16.2 Å². The topological polar surface area (TPSA) is 79.1 Å². The van der Waals surface area contributed by atoms with E-state index in [9.17, 15) is 0 Å². The highest BCUT2D eigenvalue weighted by Gasteiger charge is 2.05. The molecule has 1 aromatic heterocycles. The highest BCUT2D eigenvalue weighted by atomic mass is 16.5. The first-order chi connectivity index (χ1) is 7.20. The second-order valence-corrected chi connectivity index (χ2v) is 3.11. The van der Waals surface area contributed by atoms with Crippen molar-refractivity contribution >= 4 is 11.6 Å². The molecule has 15 heavy (non-hydrogen) atoms. The minimum Gasteiger partial charge on any atom is -0.497 e. The van der Waals surface area contributed by atoms with Gasteiger partial charge in [0.1, 0.15) is 17.4 Å². The van der Waals surface area contributed by atoms with Gasteiger partial charge in [-0.05, 0) is 12.1 Å². The number of hydrogen-bond donors (Lipinski definition) is 2. The summed E-state index contributed by atoms with van der Waals surface area (Å²) in [6, 6.07) is 9.05. The first-order valence-corrected chi connectivity index (χ1v) is 4.46. The summed E-state index contributed by atoms with van der Waals surface area (Å²) in [6.45, 7) is 0. The van der Waals surface area contributed by atoms with Gasteiger partial charge in [0.2, 0.25) is 0 Å². The SMILES string of the molecule is COc1cccc(-n2nc(N)cc2N)c1. The molecule has 0 aliphatic rings. The number of anilines is 2. The second-order valence-electron chi connectivity index (χ2n) is 3.11. The third-order valence-corrected chi connectivity index (χ3v) is 2.05. The molecule has 0 amide bonds. The summed E-state index contributed by atoms with van der Waals surface area (Å²) in [5.41, 5.74) is 12.1. The molecule has 5 heteroatoms. The van der Waals surface area contributed by atoms with Gasteiger partial charge in [-0.25, -0.2) is 4.68 Å². The van der Waals surface area contributed by atoms with Crippen LogP contribution in [0.15, 0.2) is 30.3 Å². The summed E-state index contributed by atoms with van der Waals surface area (Å²) >= 11 is 0. The van der Waals surface area contributed by atoms with E-state index < -0.39 is 0 Å². The average molecular weight is 204 g/mol. The number of aromatic nitrogens is 2. The van der Waals surface area contributed by atoms with Crippen molar-refractivity contribution < 1.29 is 4.74 Å². The molecule has 0 unspecified atom stereocenters. The number of hydrogen-bond acceptors (Lipinski definition) is 4. The monoisotopic (exact) mass is 204 g/mol. The largest absolute Gasteiger partial charge is 0.497 e. The zero-order valence-corrected chi connectivity index (χ0v) is 8.34. The number of nitrogens with two attached hydrogens (primary N) is 2. The quantitative estimate of drug-likeness (QED) is 0.766. The van der Waals surface area contributed by atoms with Crippen LogP contribution in [-0.2, 0) is 0 Å². The Kier molecular flexibility index (Phi) is 2.21. The van der Waals surface area contributed by atoms with Crippen LogP contribution in [0.4, 0.5) is 11.6 Å². The molecule has 0 fully saturated rings. The van der Waals surface area contributed by atoms with Crippen molar-refractivity contribution in [3.05, 3.63) is 30.3 Å². The zero-order valence-electron chi connectivity index (χ0n) is 8.34. The molecule has 0 aliphatic heterocycles. The maximum Gasteiger partial charge on any atom is 0.148 e. The van der Waals surface area contributed by atoms with Crippen molar-refractivity contribution in [3.8, 4) is 11.4 Å². The van der Waals surface area contributed by atoms with E-state index in [1.165, 1.54) is 0 Å². The fraction of sp³-hybridized carbons (Fsp3) is 0.100. The second kappa shape index (κ2) is 3.53. The number of ether oxygens (including phenoxy) is 1. The molecule has 1 aromatic carbocycles. The molecule has 0 atom stereocenters. The van der Waals surface area contributed by atoms with Crippen LogP contribution < -0.4 is 16.2 Å². The van der Waals surface area contributed by atoms with Gasteiger partial charge in [0.05, 0.1) is 12.8 Å². The normalized spacial score (nSPS) is 10.2. The van der Waals surface area contributed by atoms with Crippen molar-refractivity contribution in [2.24, 2.45) is 0 Å². The Morgan fingerprint density at radius 2 is 2.07 bits per heavy atom. The Bertz CT molecular complexity index is 478. The molecular weight excluding hydrogens is 192 g/mol. The molecule has 2 aromatic rings. The van der Waals surface area contributed by atoms with Crippen molar-refractivity contribution in [2.45, 2.75) is 0 Å². The predicted molar refractivity (Wildman–Crippen MR) is 58.9 cm³/mol. The molecule has 0 spiro atoms. The Hall–Kier alpha value is -2.17. The third kappa shape index (κ3) is 1.71. The van der Waals surface area contributed by atoms with E-state index in [2.05, 4.69) is 5.10 Å². The number of benzene rings is 1. The highest BCUT2D eigenvalue weighted by molar-refractivity contribution is 5.50. The highest BCUT2D eigenvalue weighted by Crippen LogP contribution is 2.19. The van der Waals surface area contributed by atoms with Gasteiger partial charge in [-0.15, -0.1) is 5.10 Å². The van der Waals surface area contributed by atoms with Crippen LogP contribution in [-0.4, -0.2) is 16.9 Å². The summed E-state index contributed by atoms with van der Waals surface area (Å²) in [4.78, 5) is 0. The standard InChI is InChI=1S/C10H12N4O/c1-15-8-4-2-3-7(5-8)14-10(12)6-9(11)13-14/h2-6H,12H2,1H3,(H2,11,13). The van der Waals surface area contributed by atoms with E-state index in [4.69, 9.17) is 16.2 Å². The lowest BCUT2D eigenvalue weighted by Crippen LogP contribution is -2.02. The van der Waals surface area contributed by atoms with Crippen LogP contribution in [0.1, 0.15) is 0 Å². The fourth-order valence-corrected chi connectivity index (χ4v) is 1.36. The Balaban J connectivity index is 2.49. The van der Waals surface area contributed by atoms with Crippen molar-refractivity contribution in [1.29, 1.82) is 0 Å². The first-order valence-electron chi connectivity index (χ1n) is 4.46. The number of nitrogens with zero attached hydrogens (tertiary/aromatic N) is 2. The molecule has 0 bridgehead atoms. The molecule has 5 nitrogen and oxygen atoms in total. The lowest BCUT2D eigenvalue weighted by Gasteiger charge is -2.05. The van der Waals surface area contributed by atoms with E-state index in [0.29, 0.717) is 11.6 Å². The van der Waals surface area contributed by atoms with Gasteiger partial charge in [-0.1, -0.05) is 6.07 Å². The Morgan fingerprint density at radius 1 is 1.27 bits per heavy atom. The summed E-state index contributed by atoms with van der Waals surface area (Å²) in [6.07, 6.45) is 0. The van der Waals surface area contributed by atoms with E-state index >= 15 is 0 Å². The van der Waals surface area contributed by atoms with Gasteiger partial charge in [0.15, 0.2) is 0 Å². The van der Waals surface area contributed by atoms with Gasteiger partial charge in [-0.2, -0.15) is 0 Å². The van der Waals surface area contributed by atoms with E-state index in [0.717, 1.165) is 11.4 Å². The summed E-state index contributed by atoms with van der Waals surface area (Å²) in [7, 11) is 1.61. The zero-order chi connectivity index (χ0) is 10.8. The van der Waals surface area contributed by atoms with E-state index in [1.54, 1.807) is 17.9 Å². The van der Waals surface area contributed by atoms with Crippen LogP contribution >= 0.6 is 0 Å². The molecule has 78 valence electrons. The molecule has 1 heterocycles. The van der Waals surface area contributed by atoms with E-state index in [1.807, 2.05) is 24.3 Å². The fourth-order valence-electron chi connectivity index (χ4n) is 1.36. The maximum atomic E-state index is 5.74. The molecular formula is C10H12N4O. The summed E-state index contributed by atoms with van der Waals surface area (Å²) < 4.78 is 6.68. The molecule has 2 rings (SSSR count). The van der Waals surface area contributed by atoms with E-state index in [-0.39, 0.29) is 0 Å². The summed E-state index contributed by atoms with van der Waals surface area (Å²) in [5, 5.41) is 4.07. The van der Waals surface area contributed by atoms with Gasteiger partial charge in [0.25, 0.3) is 0 Å². The van der Waals surface area contributed by atoms with Gasteiger partial charge in [0, 0.05) is 12.1 Å². The number of nitrogen functional groups attached to an aromatic ring is 2.